The summed E-state index contributed by atoms with van der Waals surface area (Å²) < 4.78 is 42.7. The van der Waals surface area contributed by atoms with Gasteiger partial charge in [0.05, 0.1) is 17.2 Å². The second-order valence-corrected chi connectivity index (χ2v) is 4.28. The van der Waals surface area contributed by atoms with Crippen molar-refractivity contribution in [3.63, 3.8) is 0 Å². The van der Waals surface area contributed by atoms with Crippen LogP contribution in [0.4, 0.5) is 18.9 Å². The van der Waals surface area contributed by atoms with Crippen LogP contribution >= 0.6 is 0 Å². The third kappa shape index (κ3) is 3.72. The highest BCUT2D eigenvalue weighted by atomic mass is 19.4. The van der Waals surface area contributed by atoms with E-state index in [1.165, 1.54) is 12.1 Å². The van der Waals surface area contributed by atoms with Crippen LogP contribution in [0.2, 0.25) is 0 Å². The van der Waals surface area contributed by atoms with E-state index in [4.69, 9.17) is 9.78 Å². The van der Waals surface area contributed by atoms with Crippen molar-refractivity contribution >= 4 is 5.69 Å². The molecule has 21 heavy (non-hydrogen) atoms. The lowest BCUT2D eigenvalue weighted by atomic mass is 10.1. The van der Waals surface area contributed by atoms with E-state index >= 15 is 0 Å². The minimum atomic E-state index is -4.54. The van der Waals surface area contributed by atoms with Crippen molar-refractivity contribution in [1.29, 1.82) is 5.26 Å². The molecule has 110 valence electrons. The van der Waals surface area contributed by atoms with Gasteiger partial charge in [0.15, 0.2) is 5.82 Å². The summed E-state index contributed by atoms with van der Waals surface area (Å²) in [6.07, 6.45) is -4.08. The van der Waals surface area contributed by atoms with Crippen molar-refractivity contribution in [1.82, 2.24) is 10.1 Å². The highest BCUT2D eigenvalue weighted by molar-refractivity contribution is 5.53. The first-order chi connectivity index (χ1) is 9.90. The largest absolute Gasteiger partial charge is 0.417 e. The first kappa shape index (κ1) is 14.8. The summed E-state index contributed by atoms with van der Waals surface area (Å²) in [6, 6.07) is 4.90. The third-order valence-electron chi connectivity index (χ3n) is 2.69. The molecule has 0 atom stereocenters. The van der Waals surface area contributed by atoms with Gasteiger partial charge in [-0.1, -0.05) is 5.16 Å². The maximum absolute atomic E-state index is 12.6. The molecule has 0 bridgehead atoms. The SMILES string of the molecule is Cc1nc(CCNc2ccc(C(F)(F)F)c(C#N)c2)no1. The molecule has 8 heteroatoms. The van der Waals surface area contributed by atoms with Crippen LogP contribution in [-0.2, 0) is 12.6 Å². The number of aryl methyl sites for hydroxylation is 1. The van der Waals surface area contributed by atoms with Gasteiger partial charge in [0.1, 0.15) is 0 Å². The number of benzene rings is 1. The number of aromatic nitrogens is 2. The summed E-state index contributed by atoms with van der Waals surface area (Å²) in [5.74, 6) is 0.957. The van der Waals surface area contributed by atoms with E-state index in [1.54, 1.807) is 13.0 Å². The lowest BCUT2D eigenvalue weighted by Gasteiger charge is -2.11. The second-order valence-electron chi connectivity index (χ2n) is 4.28. The predicted molar refractivity (Wildman–Crippen MR) is 67.4 cm³/mol. The fourth-order valence-electron chi connectivity index (χ4n) is 1.76. The Morgan fingerprint density at radius 2 is 2.14 bits per heavy atom. The Kier molecular flexibility index (Phi) is 4.12. The van der Waals surface area contributed by atoms with Gasteiger partial charge in [0.25, 0.3) is 0 Å². The molecule has 2 rings (SSSR count). The van der Waals surface area contributed by atoms with Crippen LogP contribution < -0.4 is 5.32 Å². The van der Waals surface area contributed by atoms with Crippen LogP contribution in [0.5, 0.6) is 0 Å². The zero-order chi connectivity index (χ0) is 15.5. The summed E-state index contributed by atoms with van der Waals surface area (Å²) in [4.78, 5) is 4.00. The Balaban J connectivity index is 2.03. The number of hydrogen-bond acceptors (Lipinski definition) is 5. The van der Waals surface area contributed by atoms with Crippen LogP contribution in [0, 0.1) is 18.3 Å². The van der Waals surface area contributed by atoms with Crippen molar-refractivity contribution in [2.24, 2.45) is 0 Å². The number of hydrogen-bond donors (Lipinski definition) is 1. The average Bonchev–Trinajstić information content (AvgIpc) is 2.83. The molecule has 5 nitrogen and oxygen atoms in total. The van der Waals surface area contributed by atoms with Gasteiger partial charge in [-0.25, -0.2) is 0 Å². The molecule has 0 radical (unpaired) electrons. The van der Waals surface area contributed by atoms with Gasteiger partial charge in [0, 0.05) is 25.6 Å². The van der Waals surface area contributed by atoms with Crippen molar-refractivity contribution in [3.8, 4) is 6.07 Å². The molecule has 0 saturated heterocycles. The lowest BCUT2D eigenvalue weighted by molar-refractivity contribution is -0.137. The van der Waals surface area contributed by atoms with Crippen LogP contribution in [0.1, 0.15) is 22.8 Å². The zero-order valence-electron chi connectivity index (χ0n) is 11.0. The molecule has 0 fully saturated rings. The maximum Gasteiger partial charge on any atom is 0.417 e. The molecule has 0 amide bonds. The van der Waals surface area contributed by atoms with Crippen LogP contribution in [0.15, 0.2) is 22.7 Å². The van der Waals surface area contributed by atoms with E-state index in [1.807, 2.05) is 0 Å². The fraction of sp³-hybridized carbons (Fsp3) is 0.308. The van der Waals surface area contributed by atoms with Crippen LogP contribution in [-0.4, -0.2) is 16.7 Å². The Labute approximate surface area is 118 Å². The van der Waals surface area contributed by atoms with Gasteiger partial charge < -0.3 is 9.84 Å². The number of nitriles is 1. The molecule has 1 N–H and O–H groups in total. The monoisotopic (exact) mass is 296 g/mol. The summed E-state index contributed by atoms with van der Waals surface area (Å²) in [6.45, 7) is 2.08. The number of nitrogens with one attached hydrogen (secondary N) is 1. The molecule has 1 aromatic carbocycles. The Bertz CT molecular complexity index is 673. The van der Waals surface area contributed by atoms with E-state index in [2.05, 4.69) is 15.5 Å². The minimum Gasteiger partial charge on any atom is -0.385 e. The average molecular weight is 296 g/mol. The summed E-state index contributed by atoms with van der Waals surface area (Å²) in [5, 5.41) is 15.4. The quantitative estimate of drug-likeness (QED) is 0.939. The van der Waals surface area contributed by atoms with E-state index in [0.717, 1.165) is 6.07 Å². The maximum atomic E-state index is 12.6. The standard InChI is InChI=1S/C13H11F3N4O/c1-8-19-12(20-21-8)4-5-18-10-2-3-11(13(14,15)16)9(6-10)7-17/h2-3,6,18H,4-5H2,1H3. The van der Waals surface area contributed by atoms with Crippen LogP contribution in [0.3, 0.4) is 0 Å². The minimum absolute atomic E-state index is 0.412. The normalized spacial score (nSPS) is 11.2. The van der Waals surface area contributed by atoms with Gasteiger partial charge in [-0.15, -0.1) is 0 Å². The molecular weight excluding hydrogens is 285 g/mol. The van der Waals surface area contributed by atoms with E-state index in [0.29, 0.717) is 30.4 Å². The molecule has 0 unspecified atom stereocenters. The summed E-state index contributed by atoms with van der Waals surface area (Å²) in [7, 11) is 0. The topological polar surface area (TPSA) is 74.7 Å². The molecule has 1 heterocycles. The smallest absolute Gasteiger partial charge is 0.385 e. The number of nitrogens with zero attached hydrogens (tertiary/aromatic N) is 3. The number of alkyl halides is 3. The Morgan fingerprint density at radius 1 is 1.38 bits per heavy atom. The second kappa shape index (κ2) is 5.83. The van der Waals surface area contributed by atoms with Gasteiger partial charge in [-0.3, -0.25) is 0 Å². The van der Waals surface area contributed by atoms with Crippen molar-refractivity contribution in [3.05, 3.63) is 41.0 Å². The molecule has 0 aliphatic carbocycles. The molecular formula is C13H11F3N4O. The first-order valence-corrected chi connectivity index (χ1v) is 6.04. The third-order valence-corrected chi connectivity index (χ3v) is 2.69. The molecule has 2 aromatic rings. The van der Waals surface area contributed by atoms with Gasteiger partial charge in [-0.2, -0.15) is 23.4 Å². The summed E-state index contributed by atoms with van der Waals surface area (Å²) in [5.41, 5.74) is -0.924. The highest BCUT2D eigenvalue weighted by Crippen LogP contribution is 2.32. The first-order valence-electron chi connectivity index (χ1n) is 6.04. The highest BCUT2D eigenvalue weighted by Gasteiger charge is 2.33. The van der Waals surface area contributed by atoms with E-state index in [9.17, 15) is 13.2 Å². The van der Waals surface area contributed by atoms with Gasteiger partial charge in [0.2, 0.25) is 5.89 Å². The van der Waals surface area contributed by atoms with E-state index < -0.39 is 17.3 Å². The Hall–Kier alpha value is -2.56. The van der Waals surface area contributed by atoms with Crippen LogP contribution in [0.25, 0.3) is 0 Å². The molecule has 0 aliphatic heterocycles. The number of halogens is 3. The van der Waals surface area contributed by atoms with E-state index in [-0.39, 0.29) is 0 Å². The van der Waals surface area contributed by atoms with Gasteiger partial charge in [-0.05, 0) is 18.2 Å². The summed E-state index contributed by atoms with van der Waals surface area (Å²) >= 11 is 0. The van der Waals surface area contributed by atoms with Crippen molar-refractivity contribution in [2.75, 3.05) is 11.9 Å². The fourth-order valence-corrected chi connectivity index (χ4v) is 1.76. The number of anilines is 1. The molecule has 0 aliphatic rings. The molecule has 1 aromatic heterocycles. The lowest BCUT2D eigenvalue weighted by Crippen LogP contribution is -2.10. The Morgan fingerprint density at radius 3 is 2.71 bits per heavy atom. The van der Waals surface area contributed by atoms with Crippen molar-refractivity contribution in [2.45, 2.75) is 19.5 Å². The number of rotatable bonds is 4. The predicted octanol–water partition coefficient (Wildman–Crippen LogP) is 2.92. The van der Waals surface area contributed by atoms with Crippen molar-refractivity contribution < 1.29 is 17.7 Å². The molecule has 0 saturated carbocycles. The zero-order valence-corrected chi connectivity index (χ0v) is 11.0. The van der Waals surface area contributed by atoms with Gasteiger partial charge >= 0.3 is 6.18 Å². The molecule has 0 spiro atoms.